The number of carbonyl (C=O) groups is 2. The van der Waals surface area contributed by atoms with Gasteiger partial charge in [0.05, 0.1) is 0 Å². The lowest BCUT2D eigenvalue weighted by molar-refractivity contribution is -0.134. The van der Waals surface area contributed by atoms with Gasteiger partial charge in [-0.2, -0.15) is 0 Å². The highest BCUT2D eigenvalue weighted by atomic mass is 16.2. The zero-order valence-electron chi connectivity index (χ0n) is 20.6. The van der Waals surface area contributed by atoms with E-state index in [2.05, 4.69) is 45.3 Å². The fourth-order valence-electron chi connectivity index (χ4n) is 5.90. The first-order chi connectivity index (χ1) is 14.1. The molecule has 2 aliphatic carbocycles. The van der Waals surface area contributed by atoms with E-state index in [0.717, 1.165) is 83.2 Å². The molecule has 0 spiro atoms. The molecular weight excluding hydrogens is 372 g/mol. The van der Waals surface area contributed by atoms with E-state index in [1.54, 1.807) is 0 Å². The second-order valence-electron chi connectivity index (χ2n) is 11.7. The van der Waals surface area contributed by atoms with E-state index in [0.29, 0.717) is 11.7 Å². The van der Waals surface area contributed by atoms with Crippen molar-refractivity contribution in [3.8, 4) is 0 Å². The Bertz CT molecular complexity index is 553. The van der Waals surface area contributed by atoms with Crippen LogP contribution in [0.5, 0.6) is 0 Å². The normalized spacial score (nSPS) is 28.2. The maximum Gasteiger partial charge on any atom is 0.223 e. The van der Waals surface area contributed by atoms with E-state index in [9.17, 15) is 9.59 Å². The summed E-state index contributed by atoms with van der Waals surface area (Å²) in [6.07, 6.45) is 10.6. The van der Waals surface area contributed by atoms with Crippen LogP contribution < -0.4 is 10.6 Å². The third-order valence-corrected chi connectivity index (χ3v) is 8.04. The van der Waals surface area contributed by atoms with Crippen LogP contribution in [-0.2, 0) is 9.59 Å². The number of nitrogens with one attached hydrogen (secondary N) is 2. The number of carbonyl (C=O) groups excluding carboxylic acids is 2. The predicted molar refractivity (Wildman–Crippen MR) is 125 cm³/mol. The van der Waals surface area contributed by atoms with Crippen LogP contribution in [0.25, 0.3) is 0 Å². The summed E-state index contributed by atoms with van der Waals surface area (Å²) in [7, 11) is 2.01. The predicted octanol–water partition coefficient (Wildman–Crippen LogP) is 5.36. The molecule has 1 amide bonds. The fraction of sp³-hybridized carbons (Fsp3) is 0.923. The van der Waals surface area contributed by atoms with Gasteiger partial charge in [0.15, 0.2) is 0 Å². The van der Waals surface area contributed by atoms with Crippen LogP contribution >= 0.6 is 0 Å². The molecule has 4 heteroatoms. The summed E-state index contributed by atoms with van der Waals surface area (Å²) in [6, 6.07) is 0. The Morgan fingerprint density at radius 1 is 0.800 bits per heavy atom. The van der Waals surface area contributed by atoms with Crippen molar-refractivity contribution in [1.82, 2.24) is 10.6 Å². The topological polar surface area (TPSA) is 58.2 Å². The molecule has 0 bridgehead atoms. The lowest BCUT2D eigenvalue weighted by atomic mass is 9.66. The van der Waals surface area contributed by atoms with Gasteiger partial charge in [-0.25, -0.2) is 0 Å². The molecule has 2 fully saturated rings. The molecule has 0 aromatic carbocycles. The molecule has 174 valence electrons. The summed E-state index contributed by atoms with van der Waals surface area (Å²) in [5.74, 6) is 2.41. The number of hydrogen-bond donors (Lipinski definition) is 2. The molecule has 0 aromatic rings. The maximum atomic E-state index is 13.2. The molecule has 0 atom stereocenters. The van der Waals surface area contributed by atoms with E-state index >= 15 is 0 Å². The van der Waals surface area contributed by atoms with Crippen molar-refractivity contribution < 1.29 is 9.59 Å². The molecule has 0 radical (unpaired) electrons. The molecular formula is C26H48N2O2. The number of Topliss-reactive ketones (excluding diaryl/α,β-unsaturated/α-hetero) is 1. The standard InChI is InChI=1S/C26H48N2O2/c1-7-25(2,3)18-26(4,5)23(29)21-12-8-20(9-13-21)17-28-24(30)22-14-10-19(11-15-22)16-27-6/h19-22,27H,7-18H2,1-6H3,(H,28,30). The average molecular weight is 421 g/mol. The third-order valence-electron chi connectivity index (χ3n) is 8.04. The molecule has 2 rings (SSSR count). The number of ketones is 1. The van der Waals surface area contributed by atoms with Gasteiger partial charge in [0.2, 0.25) is 5.91 Å². The highest BCUT2D eigenvalue weighted by molar-refractivity contribution is 5.86. The molecule has 4 nitrogen and oxygen atoms in total. The lowest BCUT2D eigenvalue weighted by Crippen LogP contribution is -2.39. The van der Waals surface area contributed by atoms with Gasteiger partial charge >= 0.3 is 0 Å². The smallest absolute Gasteiger partial charge is 0.223 e. The quantitative estimate of drug-likeness (QED) is 0.500. The highest BCUT2D eigenvalue weighted by Gasteiger charge is 2.39. The second-order valence-corrected chi connectivity index (χ2v) is 11.7. The summed E-state index contributed by atoms with van der Waals surface area (Å²) >= 11 is 0. The average Bonchev–Trinajstić information content (AvgIpc) is 2.72. The van der Waals surface area contributed by atoms with Crippen molar-refractivity contribution >= 4 is 11.7 Å². The van der Waals surface area contributed by atoms with E-state index < -0.39 is 0 Å². The molecule has 0 aliphatic heterocycles. The monoisotopic (exact) mass is 420 g/mol. The van der Waals surface area contributed by atoms with E-state index in [4.69, 9.17) is 0 Å². The van der Waals surface area contributed by atoms with Crippen molar-refractivity contribution in [2.45, 2.75) is 98.8 Å². The zero-order chi connectivity index (χ0) is 22.4. The first kappa shape index (κ1) is 25.4. The Balaban J connectivity index is 1.72. The Morgan fingerprint density at radius 3 is 1.80 bits per heavy atom. The third kappa shape index (κ3) is 7.35. The Morgan fingerprint density at radius 2 is 1.30 bits per heavy atom. The van der Waals surface area contributed by atoms with Crippen molar-refractivity contribution in [2.75, 3.05) is 20.1 Å². The van der Waals surface area contributed by atoms with E-state index in [-0.39, 0.29) is 28.6 Å². The minimum Gasteiger partial charge on any atom is -0.356 e. The van der Waals surface area contributed by atoms with Gasteiger partial charge in [-0.15, -0.1) is 0 Å². The van der Waals surface area contributed by atoms with Crippen LogP contribution in [0.15, 0.2) is 0 Å². The molecule has 0 heterocycles. The number of hydrogen-bond acceptors (Lipinski definition) is 3. The minimum atomic E-state index is -0.239. The van der Waals surface area contributed by atoms with Crippen LogP contribution in [-0.4, -0.2) is 31.8 Å². The minimum absolute atomic E-state index is 0.207. The van der Waals surface area contributed by atoms with Gasteiger partial charge in [0.1, 0.15) is 5.78 Å². The number of rotatable bonds is 10. The summed E-state index contributed by atoms with van der Waals surface area (Å²) in [5.41, 5.74) is -0.0236. The van der Waals surface area contributed by atoms with Gasteiger partial charge in [-0.05, 0) is 88.6 Å². The van der Waals surface area contributed by atoms with E-state index in [1.807, 2.05) is 7.05 Å². The van der Waals surface area contributed by atoms with Gasteiger partial charge in [0.25, 0.3) is 0 Å². The van der Waals surface area contributed by atoms with Gasteiger partial charge in [-0.1, -0.05) is 41.0 Å². The number of amides is 1. The molecule has 0 unspecified atom stereocenters. The second kappa shape index (κ2) is 11.1. The summed E-state index contributed by atoms with van der Waals surface area (Å²) in [4.78, 5) is 25.8. The first-order valence-corrected chi connectivity index (χ1v) is 12.5. The molecule has 0 aromatic heterocycles. The summed E-state index contributed by atoms with van der Waals surface area (Å²) in [5, 5.41) is 6.50. The molecule has 2 N–H and O–H groups in total. The first-order valence-electron chi connectivity index (χ1n) is 12.5. The van der Waals surface area contributed by atoms with E-state index in [1.165, 1.54) is 0 Å². The van der Waals surface area contributed by atoms with Crippen LogP contribution in [0, 0.1) is 34.5 Å². The largest absolute Gasteiger partial charge is 0.356 e. The van der Waals surface area contributed by atoms with Gasteiger partial charge in [0, 0.05) is 23.8 Å². The Labute approximate surface area is 185 Å². The van der Waals surface area contributed by atoms with Crippen molar-refractivity contribution in [3.63, 3.8) is 0 Å². The zero-order valence-corrected chi connectivity index (χ0v) is 20.6. The maximum absolute atomic E-state index is 13.2. The molecule has 2 saturated carbocycles. The van der Waals surface area contributed by atoms with Crippen LogP contribution in [0.4, 0.5) is 0 Å². The highest BCUT2D eigenvalue weighted by Crippen LogP contribution is 2.41. The van der Waals surface area contributed by atoms with Crippen molar-refractivity contribution in [2.24, 2.45) is 34.5 Å². The summed E-state index contributed by atoms with van der Waals surface area (Å²) in [6.45, 7) is 12.9. The van der Waals surface area contributed by atoms with Gasteiger partial charge in [-0.3, -0.25) is 9.59 Å². The van der Waals surface area contributed by atoms with Crippen molar-refractivity contribution in [3.05, 3.63) is 0 Å². The Hall–Kier alpha value is -0.900. The van der Waals surface area contributed by atoms with Crippen LogP contribution in [0.3, 0.4) is 0 Å². The van der Waals surface area contributed by atoms with Gasteiger partial charge < -0.3 is 10.6 Å². The lowest BCUT2D eigenvalue weighted by Gasteiger charge is -2.37. The molecule has 30 heavy (non-hydrogen) atoms. The van der Waals surface area contributed by atoms with Crippen molar-refractivity contribution in [1.29, 1.82) is 0 Å². The molecule has 0 saturated heterocycles. The van der Waals surface area contributed by atoms with Crippen LogP contribution in [0.2, 0.25) is 0 Å². The fourth-order valence-corrected chi connectivity index (χ4v) is 5.90. The summed E-state index contributed by atoms with van der Waals surface area (Å²) < 4.78 is 0. The SMILES string of the molecule is CCC(C)(C)CC(C)(C)C(=O)C1CCC(CNC(=O)C2CCC(CNC)CC2)CC1. The van der Waals surface area contributed by atoms with Crippen LogP contribution in [0.1, 0.15) is 98.8 Å². The molecule has 2 aliphatic rings. The Kier molecular flexibility index (Phi) is 9.39.